The zero-order chi connectivity index (χ0) is 17.1. The van der Waals surface area contributed by atoms with Crippen LogP contribution in [0.15, 0.2) is 12.3 Å². The number of ether oxygens (including phenoxy) is 1. The number of hydrogen-bond donors (Lipinski definition) is 2. The molecule has 2 aromatic rings. The number of carbonyl (C=O) groups is 1. The van der Waals surface area contributed by atoms with Gasteiger partial charge in [0.2, 0.25) is 0 Å². The summed E-state index contributed by atoms with van der Waals surface area (Å²) >= 11 is 6.98. The summed E-state index contributed by atoms with van der Waals surface area (Å²) < 4.78 is 6.86. The van der Waals surface area contributed by atoms with Crippen LogP contribution in [0.1, 0.15) is 39.8 Å². The lowest BCUT2D eigenvalue weighted by molar-refractivity contribution is 0.0601. The summed E-state index contributed by atoms with van der Waals surface area (Å²) in [4.78, 5) is 13.4. The standard InChI is InChI=1S/C16H20N4O2S2/c1-3-20-10(7-8-18-20)9-17-16(23)19-14-13(15(21)22-2)11-5-4-6-12(11)24-14/h7-8H,3-6,9H2,1-2H3,(H2,17,19,23). The van der Waals surface area contributed by atoms with Gasteiger partial charge in [0.1, 0.15) is 5.00 Å². The van der Waals surface area contributed by atoms with Gasteiger partial charge in [0, 0.05) is 17.6 Å². The maximum Gasteiger partial charge on any atom is 0.341 e. The monoisotopic (exact) mass is 364 g/mol. The largest absolute Gasteiger partial charge is 0.465 e. The predicted molar refractivity (Wildman–Crippen MR) is 98.6 cm³/mol. The van der Waals surface area contributed by atoms with Crippen LogP contribution in [-0.2, 0) is 30.7 Å². The molecule has 0 aliphatic heterocycles. The number of aromatic nitrogens is 2. The predicted octanol–water partition coefficient (Wildman–Crippen LogP) is 2.73. The first-order valence-corrected chi connectivity index (χ1v) is 9.14. The van der Waals surface area contributed by atoms with Crippen LogP contribution in [0.4, 0.5) is 5.00 Å². The Morgan fingerprint density at radius 2 is 2.33 bits per heavy atom. The minimum Gasteiger partial charge on any atom is -0.465 e. The van der Waals surface area contributed by atoms with Crippen molar-refractivity contribution >= 4 is 39.6 Å². The van der Waals surface area contributed by atoms with E-state index in [1.165, 1.54) is 12.0 Å². The van der Waals surface area contributed by atoms with E-state index in [0.717, 1.165) is 42.1 Å². The number of methoxy groups -OCH3 is 1. The van der Waals surface area contributed by atoms with Crippen LogP contribution in [0.25, 0.3) is 0 Å². The topological polar surface area (TPSA) is 68.2 Å². The molecular weight excluding hydrogens is 344 g/mol. The van der Waals surface area contributed by atoms with Gasteiger partial charge in [0.25, 0.3) is 0 Å². The van der Waals surface area contributed by atoms with Crippen LogP contribution in [0.3, 0.4) is 0 Å². The fourth-order valence-corrected chi connectivity index (χ4v) is 4.44. The van der Waals surface area contributed by atoms with E-state index < -0.39 is 0 Å². The van der Waals surface area contributed by atoms with E-state index in [1.54, 1.807) is 17.5 Å². The SMILES string of the molecule is CCn1nccc1CNC(=S)Nc1sc2c(c1C(=O)OC)CCC2. The minimum absolute atomic E-state index is 0.302. The van der Waals surface area contributed by atoms with Gasteiger partial charge >= 0.3 is 5.97 Å². The van der Waals surface area contributed by atoms with Gasteiger partial charge in [-0.15, -0.1) is 11.3 Å². The lowest BCUT2D eigenvalue weighted by atomic mass is 10.1. The van der Waals surface area contributed by atoms with Gasteiger partial charge in [-0.05, 0) is 50.0 Å². The molecule has 8 heteroatoms. The van der Waals surface area contributed by atoms with Crippen LogP contribution in [0.5, 0.6) is 0 Å². The number of fused-ring (bicyclic) bond motifs is 1. The van der Waals surface area contributed by atoms with E-state index in [0.29, 0.717) is 17.2 Å². The Bertz CT molecular complexity index is 766. The molecule has 0 aromatic carbocycles. The molecule has 24 heavy (non-hydrogen) atoms. The van der Waals surface area contributed by atoms with Crippen molar-refractivity contribution in [3.8, 4) is 0 Å². The Morgan fingerprint density at radius 3 is 3.08 bits per heavy atom. The van der Waals surface area contributed by atoms with Crippen LogP contribution in [0.2, 0.25) is 0 Å². The Labute approximate surface area is 150 Å². The molecule has 2 heterocycles. The van der Waals surface area contributed by atoms with E-state index in [9.17, 15) is 4.79 Å². The molecule has 0 radical (unpaired) electrons. The summed E-state index contributed by atoms with van der Waals surface area (Å²) in [6, 6.07) is 1.96. The van der Waals surface area contributed by atoms with Gasteiger partial charge < -0.3 is 15.4 Å². The van der Waals surface area contributed by atoms with Crippen molar-refractivity contribution in [1.82, 2.24) is 15.1 Å². The molecule has 1 aliphatic carbocycles. The number of carbonyl (C=O) groups excluding carboxylic acids is 1. The first kappa shape index (κ1) is 16.9. The molecule has 0 saturated carbocycles. The highest BCUT2D eigenvalue weighted by atomic mass is 32.1. The quantitative estimate of drug-likeness (QED) is 0.628. The number of thiocarbonyl (C=S) groups is 1. The summed E-state index contributed by atoms with van der Waals surface area (Å²) in [5.74, 6) is -0.302. The number of rotatable bonds is 5. The summed E-state index contributed by atoms with van der Waals surface area (Å²) in [5.41, 5.74) is 2.81. The molecule has 2 aromatic heterocycles. The van der Waals surface area contributed by atoms with Gasteiger partial charge in [0.15, 0.2) is 5.11 Å². The normalized spacial score (nSPS) is 12.8. The molecule has 6 nitrogen and oxygen atoms in total. The third-order valence-electron chi connectivity index (χ3n) is 4.07. The van der Waals surface area contributed by atoms with E-state index >= 15 is 0 Å². The van der Waals surface area contributed by atoms with Crippen molar-refractivity contribution < 1.29 is 9.53 Å². The van der Waals surface area contributed by atoms with Gasteiger partial charge in [-0.1, -0.05) is 0 Å². The average molecular weight is 364 g/mol. The van der Waals surface area contributed by atoms with Crippen LogP contribution in [0, 0.1) is 0 Å². The maximum absolute atomic E-state index is 12.1. The lowest BCUT2D eigenvalue weighted by Crippen LogP contribution is -2.29. The Kier molecular flexibility index (Phi) is 5.15. The lowest BCUT2D eigenvalue weighted by Gasteiger charge is -2.11. The van der Waals surface area contributed by atoms with Crippen molar-refractivity contribution in [3.05, 3.63) is 34.0 Å². The highest BCUT2D eigenvalue weighted by Crippen LogP contribution is 2.39. The number of anilines is 1. The van der Waals surface area contributed by atoms with Crippen LogP contribution in [-0.4, -0.2) is 28.0 Å². The highest BCUT2D eigenvalue weighted by molar-refractivity contribution is 7.80. The van der Waals surface area contributed by atoms with Crippen molar-refractivity contribution in [2.45, 2.75) is 39.3 Å². The summed E-state index contributed by atoms with van der Waals surface area (Å²) in [7, 11) is 1.41. The smallest absolute Gasteiger partial charge is 0.341 e. The molecule has 0 fully saturated rings. The molecule has 0 spiro atoms. The summed E-state index contributed by atoms with van der Waals surface area (Å²) in [5, 5.41) is 11.8. The fraction of sp³-hybridized carbons (Fsp3) is 0.438. The Hall–Kier alpha value is -1.93. The highest BCUT2D eigenvalue weighted by Gasteiger charge is 2.27. The molecule has 3 rings (SSSR count). The molecular formula is C16H20N4O2S2. The number of nitrogens with one attached hydrogen (secondary N) is 2. The molecule has 0 amide bonds. The number of thiophene rings is 1. The second-order valence-corrected chi connectivity index (χ2v) is 7.01. The fourth-order valence-electron chi connectivity index (χ4n) is 2.92. The second kappa shape index (κ2) is 7.31. The molecule has 0 saturated heterocycles. The second-order valence-electron chi connectivity index (χ2n) is 5.50. The van der Waals surface area contributed by atoms with E-state index in [-0.39, 0.29) is 5.97 Å². The van der Waals surface area contributed by atoms with Crippen LogP contribution >= 0.6 is 23.6 Å². The van der Waals surface area contributed by atoms with Gasteiger partial charge in [-0.3, -0.25) is 4.68 Å². The van der Waals surface area contributed by atoms with Gasteiger partial charge in [0.05, 0.1) is 24.9 Å². The first-order valence-electron chi connectivity index (χ1n) is 7.92. The maximum atomic E-state index is 12.1. The number of hydrogen-bond acceptors (Lipinski definition) is 5. The van der Waals surface area contributed by atoms with Gasteiger partial charge in [-0.25, -0.2) is 4.79 Å². The molecule has 0 atom stereocenters. The summed E-state index contributed by atoms with van der Waals surface area (Å²) in [6.07, 6.45) is 4.81. The molecule has 1 aliphatic rings. The Balaban J connectivity index is 1.69. The molecule has 0 unspecified atom stereocenters. The number of nitrogens with zero attached hydrogens (tertiary/aromatic N) is 2. The van der Waals surface area contributed by atoms with Crippen molar-refractivity contribution in [2.75, 3.05) is 12.4 Å². The summed E-state index contributed by atoms with van der Waals surface area (Å²) in [6.45, 7) is 3.44. The first-order chi connectivity index (χ1) is 11.6. The number of aryl methyl sites for hydroxylation is 2. The Morgan fingerprint density at radius 1 is 1.50 bits per heavy atom. The average Bonchev–Trinajstić information content (AvgIpc) is 3.27. The molecule has 0 bridgehead atoms. The molecule has 2 N–H and O–H groups in total. The van der Waals surface area contributed by atoms with Crippen molar-refractivity contribution in [1.29, 1.82) is 0 Å². The van der Waals surface area contributed by atoms with Crippen molar-refractivity contribution in [2.24, 2.45) is 0 Å². The zero-order valence-corrected chi connectivity index (χ0v) is 15.4. The van der Waals surface area contributed by atoms with Gasteiger partial charge in [-0.2, -0.15) is 5.10 Å². The van der Waals surface area contributed by atoms with Crippen LogP contribution < -0.4 is 10.6 Å². The van der Waals surface area contributed by atoms with E-state index in [2.05, 4.69) is 15.7 Å². The van der Waals surface area contributed by atoms with E-state index in [4.69, 9.17) is 17.0 Å². The number of esters is 1. The van der Waals surface area contributed by atoms with Crippen molar-refractivity contribution in [3.63, 3.8) is 0 Å². The minimum atomic E-state index is -0.302. The van der Waals surface area contributed by atoms with E-state index in [1.807, 2.05) is 17.7 Å². The third kappa shape index (κ3) is 3.29. The molecule has 128 valence electrons. The third-order valence-corrected chi connectivity index (χ3v) is 5.53. The zero-order valence-electron chi connectivity index (χ0n) is 13.7.